The summed E-state index contributed by atoms with van der Waals surface area (Å²) in [6.45, 7) is 7.49. The Hall–Kier alpha value is -4.73. The van der Waals surface area contributed by atoms with E-state index in [1.165, 1.54) is 33.4 Å². The molecule has 0 amide bonds. The van der Waals surface area contributed by atoms with E-state index in [0.29, 0.717) is 17.1 Å². The molecule has 0 radical (unpaired) electrons. The molecule has 4 atom stereocenters. The molecule has 236 valence electrons. The molecule has 2 nitrogen and oxygen atoms in total. The second kappa shape index (κ2) is 11.5. The number of rotatable bonds is 5. The van der Waals surface area contributed by atoms with Crippen molar-refractivity contribution >= 4 is 39.7 Å². The first kappa shape index (κ1) is 29.4. The van der Waals surface area contributed by atoms with Crippen molar-refractivity contribution in [2.45, 2.75) is 44.8 Å². The summed E-state index contributed by atoms with van der Waals surface area (Å²) in [6, 6.07) is 48.5. The molecule has 1 aliphatic heterocycles. The largest absolute Gasteiger partial charge is 0.313 e. The molecule has 5 aromatic carbocycles. The highest BCUT2D eigenvalue weighted by atomic mass is 32.2. The molecule has 0 saturated heterocycles. The smallest absolute Gasteiger partial charge is 0.0534 e. The zero-order chi connectivity index (χ0) is 32.4. The maximum atomic E-state index is 2.58. The fourth-order valence-corrected chi connectivity index (χ4v) is 10.8. The van der Waals surface area contributed by atoms with Gasteiger partial charge in [0.1, 0.15) is 0 Å². The number of hydrogen-bond acceptors (Lipinski definition) is 2. The van der Waals surface area contributed by atoms with Gasteiger partial charge in [-0.1, -0.05) is 112 Å². The van der Waals surface area contributed by atoms with Crippen LogP contribution < -0.4 is 4.90 Å². The number of allylic oxidation sites excluding steroid dienone is 3. The lowest BCUT2D eigenvalue weighted by Gasteiger charge is -2.44. The van der Waals surface area contributed by atoms with E-state index in [-0.39, 0.29) is 5.41 Å². The fraction of sp³-hybridized carbons (Fsp3) is 0.200. The van der Waals surface area contributed by atoms with Crippen molar-refractivity contribution < 1.29 is 0 Å². The monoisotopic (exact) mass is 640 g/mol. The summed E-state index contributed by atoms with van der Waals surface area (Å²) < 4.78 is 2.58. The molecule has 3 aliphatic rings. The van der Waals surface area contributed by atoms with Crippen molar-refractivity contribution in [2.75, 3.05) is 4.90 Å². The van der Waals surface area contributed by atoms with E-state index in [1.807, 2.05) is 0 Å². The highest BCUT2D eigenvalue weighted by Crippen LogP contribution is 2.64. The van der Waals surface area contributed by atoms with Gasteiger partial charge in [0.05, 0.1) is 5.52 Å². The van der Waals surface area contributed by atoms with Crippen LogP contribution in [0.15, 0.2) is 156 Å². The number of thioether (sulfide) groups is 1. The van der Waals surface area contributed by atoms with Gasteiger partial charge < -0.3 is 9.47 Å². The zero-order valence-corrected chi connectivity index (χ0v) is 28.6. The van der Waals surface area contributed by atoms with Crippen molar-refractivity contribution in [1.29, 1.82) is 0 Å². The van der Waals surface area contributed by atoms with Crippen molar-refractivity contribution in [3.63, 3.8) is 0 Å². The third-order valence-electron chi connectivity index (χ3n) is 11.1. The van der Waals surface area contributed by atoms with Gasteiger partial charge in [0, 0.05) is 55.3 Å². The molecule has 0 bridgehead atoms. The lowest BCUT2D eigenvalue weighted by Crippen LogP contribution is -2.40. The van der Waals surface area contributed by atoms with Crippen LogP contribution in [0.5, 0.6) is 0 Å². The quantitative estimate of drug-likeness (QED) is 0.185. The van der Waals surface area contributed by atoms with Gasteiger partial charge >= 0.3 is 0 Å². The molecular weight excluding hydrogens is 601 g/mol. The van der Waals surface area contributed by atoms with Gasteiger partial charge in [0.2, 0.25) is 0 Å². The van der Waals surface area contributed by atoms with Crippen LogP contribution in [0.25, 0.3) is 27.7 Å². The minimum atomic E-state index is 0.193. The van der Waals surface area contributed by atoms with Crippen molar-refractivity contribution in [3.8, 4) is 16.8 Å². The molecule has 3 heteroatoms. The fourth-order valence-electron chi connectivity index (χ4n) is 9.03. The molecule has 0 spiro atoms. The third kappa shape index (κ3) is 4.55. The van der Waals surface area contributed by atoms with E-state index in [9.17, 15) is 0 Å². The lowest BCUT2D eigenvalue weighted by molar-refractivity contribution is 0.303. The van der Waals surface area contributed by atoms with Crippen molar-refractivity contribution in [2.24, 2.45) is 11.3 Å². The highest BCUT2D eigenvalue weighted by molar-refractivity contribution is 8.04. The lowest BCUT2D eigenvalue weighted by atomic mass is 9.62. The van der Waals surface area contributed by atoms with Crippen molar-refractivity contribution in [3.05, 3.63) is 167 Å². The van der Waals surface area contributed by atoms with E-state index < -0.39 is 0 Å². The second-order valence-corrected chi connectivity index (χ2v) is 15.2. The van der Waals surface area contributed by atoms with Crippen LogP contribution in [0.4, 0.5) is 17.1 Å². The Labute approximate surface area is 288 Å². The third-order valence-corrected chi connectivity index (χ3v) is 12.9. The average Bonchev–Trinajstić information content (AvgIpc) is 3.62. The second-order valence-electron chi connectivity index (χ2n) is 14.1. The first-order valence-corrected chi connectivity index (χ1v) is 18.2. The Morgan fingerprint density at radius 3 is 1.94 bits per heavy atom. The van der Waals surface area contributed by atoms with Crippen LogP contribution in [0, 0.1) is 11.3 Å². The van der Waals surface area contributed by atoms with Gasteiger partial charge in [-0.2, -0.15) is 0 Å². The van der Waals surface area contributed by atoms with Gasteiger partial charge in [0.25, 0.3) is 0 Å². The summed E-state index contributed by atoms with van der Waals surface area (Å²) in [4.78, 5) is 3.85. The van der Waals surface area contributed by atoms with Gasteiger partial charge in [0.15, 0.2) is 0 Å². The predicted octanol–water partition coefficient (Wildman–Crippen LogP) is 12.4. The van der Waals surface area contributed by atoms with E-state index in [4.69, 9.17) is 0 Å². The molecule has 2 aliphatic carbocycles. The van der Waals surface area contributed by atoms with Crippen LogP contribution >= 0.6 is 11.8 Å². The molecule has 9 rings (SSSR count). The van der Waals surface area contributed by atoms with E-state index in [2.05, 4.69) is 188 Å². The van der Waals surface area contributed by atoms with Crippen LogP contribution in [0.3, 0.4) is 0 Å². The molecular formula is C45H40N2S. The van der Waals surface area contributed by atoms with Crippen LogP contribution in [-0.2, 0) is 6.42 Å². The molecule has 0 saturated carbocycles. The maximum Gasteiger partial charge on any atom is 0.0534 e. The summed E-state index contributed by atoms with van der Waals surface area (Å²) in [7, 11) is 0. The Balaban J connectivity index is 1.07. The standard InChI is InChI=1S/C45H40N2S/c1-30-13-12-20-41-42(30)45(3)29-39-38-18-10-11-19-40(38)47(43(39)31(2)44(45)48-41)37-27-23-33(24-28-37)32-21-25-36(26-22-32)46(34-14-6-4-7-15-34)35-16-8-5-9-17-35/h4-12,14-28,30-31,44H,13,29H2,1-3H3. The number of aromatic nitrogens is 1. The maximum absolute atomic E-state index is 2.58. The van der Waals surface area contributed by atoms with E-state index >= 15 is 0 Å². The van der Waals surface area contributed by atoms with E-state index in [1.54, 1.807) is 16.0 Å². The Kier molecular flexibility index (Phi) is 7.02. The zero-order valence-electron chi connectivity index (χ0n) is 27.8. The minimum Gasteiger partial charge on any atom is -0.313 e. The number of para-hydroxylation sites is 3. The number of fused-ring (bicyclic) bond motifs is 5. The normalized spacial score (nSPS) is 22.8. The first-order valence-electron chi connectivity index (χ1n) is 17.3. The van der Waals surface area contributed by atoms with Crippen LogP contribution in [0.1, 0.15) is 44.4 Å². The molecule has 6 aromatic rings. The highest BCUT2D eigenvalue weighted by Gasteiger charge is 2.53. The molecule has 0 N–H and O–H groups in total. The van der Waals surface area contributed by atoms with Crippen LogP contribution in [-0.4, -0.2) is 9.82 Å². The van der Waals surface area contributed by atoms with Crippen molar-refractivity contribution in [1.82, 2.24) is 4.57 Å². The van der Waals surface area contributed by atoms with E-state index in [0.717, 1.165) is 29.9 Å². The number of anilines is 3. The number of nitrogens with zero attached hydrogens (tertiary/aromatic N) is 2. The molecule has 2 heterocycles. The predicted molar refractivity (Wildman–Crippen MR) is 205 cm³/mol. The average molecular weight is 641 g/mol. The Bertz CT molecular complexity index is 2150. The van der Waals surface area contributed by atoms with Gasteiger partial charge in [-0.05, 0) is 95.6 Å². The minimum absolute atomic E-state index is 0.193. The molecule has 1 aromatic heterocycles. The summed E-state index contributed by atoms with van der Waals surface area (Å²) >= 11 is 2.14. The van der Waals surface area contributed by atoms with Crippen LogP contribution in [0.2, 0.25) is 0 Å². The molecule has 0 fully saturated rings. The Morgan fingerprint density at radius 1 is 0.688 bits per heavy atom. The summed E-state index contributed by atoms with van der Waals surface area (Å²) in [5.41, 5.74) is 13.4. The Morgan fingerprint density at radius 2 is 1.27 bits per heavy atom. The van der Waals surface area contributed by atoms with Gasteiger partial charge in [-0.3, -0.25) is 0 Å². The summed E-state index contributed by atoms with van der Waals surface area (Å²) in [6.07, 6.45) is 7.09. The summed E-state index contributed by atoms with van der Waals surface area (Å²) in [5, 5.41) is 1.96. The van der Waals surface area contributed by atoms with Gasteiger partial charge in [-0.15, -0.1) is 11.8 Å². The first-order chi connectivity index (χ1) is 23.5. The SMILES string of the molecule is CC1CC=CC2=C1C1(C)Cc3c(n(-c4ccc(-c5ccc(N(c6ccccc6)c6ccccc6)cc5)cc4)c4ccccc34)C(C)C1S2. The summed E-state index contributed by atoms with van der Waals surface area (Å²) in [5.74, 6) is 1.06. The topological polar surface area (TPSA) is 8.17 Å². The molecule has 48 heavy (non-hydrogen) atoms. The van der Waals surface area contributed by atoms with Gasteiger partial charge in [-0.25, -0.2) is 0 Å². The molecule has 4 unspecified atom stereocenters. The number of benzene rings is 5. The number of hydrogen-bond donors (Lipinski definition) is 0.